The third-order valence-electron chi connectivity index (χ3n) is 2.99. The first-order chi connectivity index (χ1) is 6.83. The molecule has 1 aliphatic heterocycles. The number of fused-ring (bicyclic) bond motifs is 1. The smallest absolute Gasteiger partial charge is 0.334 e. The average molecular weight is 192 g/mol. The van der Waals surface area contributed by atoms with Gasteiger partial charge in [0.1, 0.15) is 6.10 Å². The molecule has 1 fully saturated rings. The van der Waals surface area contributed by atoms with Gasteiger partial charge in [-0.1, -0.05) is 38.0 Å². The summed E-state index contributed by atoms with van der Waals surface area (Å²) in [5, 5.41) is 0. The highest BCUT2D eigenvalue weighted by molar-refractivity contribution is 5.92. The Labute approximate surface area is 84.6 Å². The van der Waals surface area contributed by atoms with Crippen LogP contribution in [-0.4, -0.2) is 12.1 Å². The molecule has 0 aromatic rings. The number of allylic oxidation sites excluding steroid dienone is 3. The van der Waals surface area contributed by atoms with Crippen LogP contribution < -0.4 is 0 Å². The van der Waals surface area contributed by atoms with Crippen molar-refractivity contribution in [3.63, 3.8) is 0 Å². The van der Waals surface area contributed by atoms with Crippen LogP contribution in [0.25, 0.3) is 0 Å². The summed E-state index contributed by atoms with van der Waals surface area (Å²) in [7, 11) is 0. The van der Waals surface area contributed by atoms with Crippen molar-refractivity contribution in [1.29, 1.82) is 0 Å². The monoisotopic (exact) mass is 192 g/mol. The van der Waals surface area contributed by atoms with Crippen LogP contribution in [0.2, 0.25) is 0 Å². The summed E-state index contributed by atoms with van der Waals surface area (Å²) in [6, 6.07) is 0. The lowest BCUT2D eigenvalue weighted by atomic mass is 9.87. The molecule has 0 spiro atoms. The third kappa shape index (κ3) is 1.61. The number of cyclic esters (lactones) is 1. The number of unbranched alkanes of at least 4 members (excludes halogenated alkanes) is 1. The van der Waals surface area contributed by atoms with Gasteiger partial charge in [0.05, 0.1) is 0 Å². The van der Waals surface area contributed by atoms with Crippen LogP contribution in [0.3, 0.4) is 0 Å². The Bertz CT molecular complexity index is 289. The van der Waals surface area contributed by atoms with Crippen molar-refractivity contribution in [1.82, 2.24) is 0 Å². The fourth-order valence-electron chi connectivity index (χ4n) is 2.17. The first-order valence-corrected chi connectivity index (χ1v) is 5.40. The lowest BCUT2D eigenvalue weighted by molar-refractivity contribution is -0.139. The van der Waals surface area contributed by atoms with E-state index in [1.54, 1.807) is 0 Å². The highest BCUT2D eigenvalue weighted by Gasteiger charge is 2.38. The number of rotatable bonds is 3. The van der Waals surface area contributed by atoms with E-state index in [2.05, 4.69) is 13.0 Å². The summed E-state index contributed by atoms with van der Waals surface area (Å²) >= 11 is 0. The highest BCUT2D eigenvalue weighted by Crippen LogP contribution is 2.35. The molecule has 14 heavy (non-hydrogen) atoms. The predicted octanol–water partition coefficient (Wildman–Crippen LogP) is 2.60. The second-order valence-corrected chi connectivity index (χ2v) is 3.98. The van der Waals surface area contributed by atoms with Crippen LogP contribution in [0, 0.1) is 5.92 Å². The Balaban J connectivity index is 2.06. The van der Waals surface area contributed by atoms with E-state index in [1.807, 2.05) is 12.2 Å². The third-order valence-corrected chi connectivity index (χ3v) is 2.99. The van der Waals surface area contributed by atoms with Crippen LogP contribution in [0.15, 0.2) is 23.8 Å². The molecule has 2 unspecified atom stereocenters. The molecule has 1 aliphatic carbocycles. The highest BCUT2D eigenvalue weighted by atomic mass is 16.6. The Morgan fingerprint density at radius 3 is 3.21 bits per heavy atom. The fraction of sp³-hybridized carbons (Fsp3) is 0.583. The summed E-state index contributed by atoms with van der Waals surface area (Å²) in [5.74, 6) is 0.236. The standard InChI is InChI=1S/C12H16O2/c1-2-3-8-11-9-6-4-5-7-10(9)12(13)14-11/h4-5,7,9,11H,2-3,6,8H2,1H3. The van der Waals surface area contributed by atoms with Crippen molar-refractivity contribution < 1.29 is 9.53 Å². The molecule has 76 valence electrons. The van der Waals surface area contributed by atoms with Crippen LogP contribution in [0.4, 0.5) is 0 Å². The number of carbonyl (C=O) groups is 1. The van der Waals surface area contributed by atoms with Crippen molar-refractivity contribution in [2.75, 3.05) is 0 Å². The summed E-state index contributed by atoms with van der Waals surface area (Å²) in [6.07, 6.45) is 10.4. The Morgan fingerprint density at radius 2 is 2.43 bits per heavy atom. The van der Waals surface area contributed by atoms with Crippen LogP contribution in [0.1, 0.15) is 32.6 Å². The Kier molecular flexibility index (Phi) is 2.71. The second-order valence-electron chi connectivity index (χ2n) is 3.98. The zero-order valence-corrected chi connectivity index (χ0v) is 8.53. The number of esters is 1. The van der Waals surface area contributed by atoms with E-state index in [4.69, 9.17) is 4.74 Å². The lowest BCUT2D eigenvalue weighted by Crippen LogP contribution is -2.16. The largest absolute Gasteiger partial charge is 0.458 e. The van der Waals surface area contributed by atoms with Crippen LogP contribution in [0.5, 0.6) is 0 Å². The molecule has 2 heteroatoms. The zero-order chi connectivity index (χ0) is 9.97. The predicted molar refractivity (Wildman–Crippen MR) is 54.7 cm³/mol. The second kappa shape index (κ2) is 3.99. The van der Waals surface area contributed by atoms with Crippen molar-refractivity contribution in [3.05, 3.63) is 23.8 Å². The average Bonchev–Trinajstić information content (AvgIpc) is 2.54. The van der Waals surface area contributed by atoms with Gasteiger partial charge in [-0.2, -0.15) is 0 Å². The van der Waals surface area contributed by atoms with Crippen LogP contribution >= 0.6 is 0 Å². The fourth-order valence-corrected chi connectivity index (χ4v) is 2.17. The van der Waals surface area contributed by atoms with Gasteiger partial charge in [-0.05, 0) is 12.8 Å². The van der Waals surface area contributed by atoms with E-state index in [0.29, 0.717) is 5.92 Å². The zero-order valence-electron chi connectivity index (χ0n) is 8.53. The van der Waals surface area contributed by atoms with E-state index in [0.717, 1.165) is 31.3 Å². The molecule has 0 amide bonds. The first kappa shape index (κ1) is 9.50. The molecule has 2 rings (SSSR count). The maximum absolute atomic E-state index is 11.5. The van der Waals surface area contributed by atoms with Gasteiger partial charge >= 0.3 is 5.97 Å². The maximum Gasteiger partial charge on any atom is 0.334 e. The maximum atomic E-state index is 11.5. The summed E-state index contributed by atoms with van der Waals surface area (Å²) < 4.78 is 5.36. The first-order valence-electron chi connectivity index (χ1n) is 5.40. The van der Waals surface area contributed by atoms with Gasteiger partial charge in [-0.15, -0.1) is 0 Å². The molecule has 0 saturated carbocycles. The molecular formula is C12H16O2. The number of hydrogen-bond donors (Lipinski definition) is 0. The van der Waals surface area contributed by atoms with E-state index in [-0.39, 0.29) is 12.1 Å². The molecule has 0 aromatic heterocycles. The molecule has 1 saturated heterocycles. The van der Waals surface area contributed by atoms with Gasteiger partial charge in [0.2, 0.25) is 0 Å². The molecule has 1 heterocycles. The number of ether oxygens (including phenoxy) is 1. The quantitative estimate of drug-likeness (QED) is 0.642. The number of hydrogen-bond acceptors (Lipinski definition) is 2. The van der Waals surface area contributed by atoms with Crippen molar-refractivity contribution in [2.24, 2.45) is 5.92 Å². The van der Waals surface area contributed by atoms with Gasteiger partial charge < -0.3 is 4.74 Å². The van der Waals surface area contributed by atoms with Crippen molar-refractivity contribution in [3.8, 4) is 0 Å². The summed E-state index contributed by atoms with van der Waals surface area (Å²) in [4.78, 5) is 11.5. The Hall–Kier alpha value is -1.05. The van der Waals surface area contributed by atoms with E-state index < -0.39 is 0 Å². The molecule has 0 bridgehead atoms. The SMILES string of the molecule is CCCCC1OC(=O)C2=CC=CCC21. The Morgan fingerprint density at radius 1 is 1.57 bits per heavy atom. The van der Waals surface area contributed by atoms with Crippen molar-refractivity contribution >= 4 is 5.97 Å². The topological polar surface area (TPSA) is 26.3 Å². The van der Waals surface area contributed by atoms with Gasteiger partial charge in [-0.3, -0.25) is 0 Å². The van der Waals surface area contributed by atoms with E-state index >= 15 is 0 Å². The van der Waals surface area contributed by atoms with Crippen LogP contribution in [-0.2, 0) is 9.53 Å². The summed E-state index contributed by atoms with van der Waals surface area (Å²) in [6.45, 7) is 2.16. The van der Waals surface area contributed by atoms with Gasteiger partial charge in [0, 0.05) is 11.5 Å². The molecular weight excluding hydrogens is 176 g/mol. The van der Waals surface area contributed by atoms with E-state index in [1.165, 1.54) is 0 Å². The minimum absolute atomic E-state index is 0.0968. The molecule has 0 N–H and O–H groups in total. The van der Waals surface area contributed by atoms with Gasteiger partial charge in [-0.25, -0.2) is 4.79 Å². The number of carbonyl (C=O) groups excluding carboxylic acids is 1. The molecule has 2 aliphatic rings. The van der Waals surface area contributed by atoms with E-state index in [9.17, 15) is 4.79 Å². The molecule has 2 atom stereocenters. The minimum Gasteiger partial charge on any atom is -0.458 e. The van der Waals surface area contributed by atoms with Crippen molar-refractivity contribution in [2.45, 2.75) is 38.7 Å². The molecule has 2 nitrogen and oxygen atoms in total. The van der Waals surface area contributed by atoms with Gasteiger partial charge in [0.25, 0.3) is 0 Å². The normalized spacial score (nSPS) is 29.8. The van der Waals surface area contributed by atoms with Gasteiger partial charge in [0.15, 0.2) is 0 Å². The summed E-state index contributed by atoms with van der Waals surface area (Å²) in [5.41, 5.74) is 0.883. The molecule has 0 radical (unpaired) electrons. The molecule has 0 aromatic carbocycles. The lowest BCUT2D eigenvalue weighted by Gasteiger charge is -2.17. The minimum atomic E-state index is -0.0968.